The molecule has 0 saturated carbocycles. The van der Waals surface area contributed by atoms with Gasteiger partial charge in [-0.3, -0.25) is 4.79 Å². The number of aliphatic hydroxyl groups is 8. The monoisotopic (exact) mass is 312 g/mol. The van der Waals surface area contributed by atoms with Crippen LogP contribution in [-0.4, -0.2) is 109 Å². The summed E-state index contributed by atoms with van der Waals surface area (Å²) < 4.78 is 4.90. The first-order valence-electron chi connectivity index (χ1n) is 6.25. The molecule has 0 amide bonds. The fraction of sp³-hybridized carbons (Fsp3) is 0.909. The fourth-order valence-corrected chi connectivity index (χ4v) is 1.99. The van der Waals surface area contributed by atoms with E-state index in [1.54, 1.807) is 0 Å². The van der Waals surface area contributed by atoms with Crippen LogP contribution in [0, 0.1) is 0 Å². The molecule has 10 heteroatoms. The van der Waals surface area contributed by atoms with E-state index in [0.717, 1.165) is 0 Å². The van der Waals surface area contributed by atoms with E-state index in [4.69, 9.17) is 20.1 Å². The van der Waals surface area contributed by atoms with Crippen LogP contribution in [0.1, 0.15) is 0 Å². The van der Waals surface area contributed by atoms with E-state index < -0.39 is 67.8 Å². The summed E-state index contributed by atoms with van der Waals surface area (Å²) in [7, 11) is 0. The molecule has 0 aromatic carbocycles. The highest BCUT2D eigenvalue weighted by Gasteiger charge is 2.48. The smallest absolute Gasteiger partial charge is 0.195 e. The molecule has 1 rings (SSSR count). The van der Waals surface area contributed by atoms with Crippen molar-refractivity contribution in [1.29, 1.82) is 0 Å². The largest absolute Gasteiger partial charge is 0.394 e. The van der Waals surface area contributed by atoms with E-state index in [0.29, 0.717) is 0 Å². The van der Waals surface area contributed by atoms with Gasteiger partial charge in [-0.2, -0.15) is 0 Å². The lowest BCUT2D eigenvalue weighted by atomic mass is 9.90. The zero-order chi connectivity index (χ0) is 16.3. The first-order valence-corrected chi connectivity index (χ1v) is 6.25. The van der Waals surface area contributed by atoms with Crippen LogP contribution in [-0.2, 0) is 9.53 Å². The average molecular weight is 312 g/mol. The second-order valence-corrected chi connectivity index (χ2v) is 4.84. The van der Waals surface area contributed by atoms with Gasteiger partial charge >= 0.3 is 0 Å². The molecule has 0 unspecified atom stereocenters. The molecule has 10 nitrogen and oxygen atoms in total. The lowest BCUT2D eigenvalue weighted by Gasteiger charge is -2.40. The van der Waals surface area contributed by atoms with Crippen LogP contribution in [0.3, 0.4) is 0 Å². The summed E-state index contributed by atoms with van der Waals surface area (Å²) in [5, 5.41) is 74.5. The zero-order valence-electron chi connectivity index (χ0n) is 10.9. The van der Waals surface area contributed by atoms with Crippen LogP contribution in [0.4, 0.5) is 0 Å². The maximum absolute atomic E-state index is 11.9. The van der Waals surface area contributed by atoms with Gasteiger partial charge in [0.15, 0.2) is 5.78 Å². The van der Waals surface area contributed by atoms with E-state index >= 15 is 0 Å². The molecule has 124 valence electrons. The number of carbonyl (C=O) groups is 1. The number of rotatable bonds is 6. The predicted molar refractivity (Wildman–Crippen MR) is 63.9 cm³/mol. The van der Waals surface area contributed by atoms with Crippen molar-refractivity contribution in [2.75, 3.05) is 13.2 Å². The van der Waals surface area contributed by atoms with Gasteiger partial charge in [0.05, 0.1) is 13.2 Å². The molecule has 8 N–H and O–H groups in total. The SMILES string of the molecule is O=C([C@@H](O)[C@H](O)[C@H](O)CO)[C@H]1O[C@H](CO)[C@@H](O)[C@H](O)[C@@H]1O. The van der Waals surface area contributed by atoms with Crippen molar-refractivity contribution < 1.29 is 50.4 Å². The van der Waals surface area contributed by atoms with Crippen LogP contribution in [0.25, 0.3) is 0 Å². The normalized spacial score (nSPS) is 37.8. The predicted octanol–water partition coefficient (Wildman–Crippen LogP) is -5.53. The first-order chi connectivity index (χ1) is 9.76. The maximum Gasteiger partial charge on any atom is 0.195 e. The Morgan fingerprint density at radius 3 is 2.05 bits per heavy atom. The van der Waals surface area contributed by atoms with Gasteiger partial charge in [-0.1, -0.05) is 0 Å². The van der Waals surface area contributed by atoms with E-state index in [1.807, 2.05) is 0 Å². The lowest BCUT2D eigenvalue weighted by Crippen LogP contribution is -2.63. The molecular weight excluding hydrogens is 292 g/mol. The van der Waals surface area contributed by atoms with Gasteiger partial charge in [-0.05, 0) is 0 Å². The maximum atomic E-state index is 11.9. The second kappa shape index (κ2) is 7.54. The van der Waals surface area contributed by atoms with Gasteiger partial charge in [0.1, 0.15) is 48.8 Å². The number of hydrogen-bond acceptors (Lipinski definition) is 10. The van der Waals surface area contributed by atoms with Gasteiger partial charge in [-0.15, -0.1) is 0 Å². The molecule has 0 spiro atoms. The molecule has 0 radical (unpaired) electrons. The molecule has 8 atom stereocenters. The molecule has 21 heavy (non-hydrogen) atoms. The second-order valence-electron chi connectivity index (χ2n) is 4.84. The van der Waals surface area contributed by atoms with Crippen LogP contribution < -0.4 is 0 Å². The number of Topliss-reactive ketones (excluding diaryl/α,β-unsaturated/α-hetero) is 1. The highest BCUT2D eigenvalue weighted by Crippen LogP contribution is 2.23. The van der Waals surface area contributed by atoms with Crippen molar-refractivity contribution >= 4 is 5.78 Å². The average Bonchev–Trinajstić information content (AvgIpc) is 2.50. The third-order valence-electron chi connectivity index (χ3n) is 3.37. The molecule has 0 aliphatic carbocycles. The number of ketones is 1. The Hall–Kier alpha value is -0.690. The minimum atomic E-state index is -2.20. The lowest BCUT2D eigenvalue weighted by molar-refractivity contribution is -0.230. The minimum absolute atomic E-state index is 0.757. The summed E-state index contributed by atoms with van der Waals surface area (Å²) >= 11 is 0. The van der Waals surface area contributed by atoms with E-state index in [2.05, 4.69) is 0 Å². The topological polar surface area (TPSA) is 188 Å². The number of hydrogen-bond donors (Lipinski definition) is 8. The Kier molecular flexibility index (Phi) is 6.59. The van der Waals surface area contributed by atoms with Crippen molar-refractivity contribution in [2.45, 2.75) is 48.8 Å². The third-order valence-corrected chi connectivity index (χ3v) is 3.37. The quantitative estimate of drug-likeness (QED) is 0.235. The summed E-state index contributed by atoms with van der Waals surface area (Å²) in [5.74, 6) is -1.27. The van der Waals surface area contributed by atoms with Crippen molar-refractivity contribution in [3.05, 3.63) is 0 Å². The highest BCUT2D eigenvalue weighted by atomic mass is 16.5. The molecule has 1 aliphatic rings. The highest BCUT2D eigenvalue weighted by molar-refractivity contribution is 5.88. The molecule has 1 saturated heterocycles. The summed E-state index contributed by atoms with van der Waals surface area (Å²) in [6.07, 6.45) is -14.6. The number of ether oxygens (including phenoxy) is 1. The van der Waals surface area contributed by atoms with Gasteiger partial charge < -0.3 is 45.6 Å². The fourth-order valence-electron chi connectivity index (χ4n) is 1.99. The van der Waals surface area contributed by atoms with E-state index in [1.165, 1.54) is 0 Å². The van der Waals surface area contributed by atoms with Crippen LogP contribution >= 0.6 is 0 Å². The van der Waals surface area contributed by atoms with Crippen molar-refractivity contribution in [3.63, 3.8) is 0 Å². The number of aliphatic hydroxyl groups excluding tert-OH is 8. The summed E-state index contributed by atoms with van der Waals surface area (Å²) in [6, 6.07) is 0. The standard InChI is InChI=1S/C11H20O10/c12-1-3(14)5(15)7(17)9(19)11-10(20)8(18)6(16)4(2-13)21-11/h3-8,10-18,20H,1-2H2/t3-,4-,5-,6-,7+,8+,10+,11-/m1/s1. The summed E-state index contributed by atoms with van der Waals surface area (Å²) in [5.41, 5.74) is 0. The van der Waals surface area contributed by atoms with Gasteiger partial charge in [0.2, 0.25) is 0 Å². The minimum Gasteiger partial charge on any atom is -0.394 e. The Morgan fingerprint density at radius 2 is 1.57 bits per heavy atom. The van der Waals surface area contributed by atoms with E-state index in [-0.39, 0.29) is 0 Å². The van der Waals surface area contributed by atoms with Gasteiger partial charge in [0, 0.05) is 0 Å². The van der Waals surface area contributed by atoms with Crippen LogP contribution in [0.5, 0.6) is 0 Å². The Balaban J connectivity index is 2.85. The number of carbonyl (C=O) groups excluding carboxylic acids is 1. The zero-order valence-corrected chi connectivity index (χ0v) is 10.9. The Morgan fingerprint density at radius 1 is 1.00 bits per heavy atom. The molecule has 1 heterocycles. The molecule has 0 aromatic rings. The Bertz CT molecular complexity index is 348. The van der Waals surface area contributed by atoms with Crippen molar-refractivity contribution in [2.24, 2.45) is 0 Å². The molecular formula is C11H20O10. The first kappa shape index (κ1) is 18.4. The van der Waals surface area contributed by atoms with Gasteiger partial charge in [0.25, 0.3) is 0 Å². The van der Waals surface area contributed by atoms with E-state index in [9.17, 15) is 30.3 Å². The van der Waals surface area contributed by atoms with Crippen LogP contribution in [0.15, 0.2) is 0 Å². The molecule has 0 bridgehead atoms. The van der Waals surface area contributed by atoms with Crippen LogP contribution in [0.2, 0.25) is 0 Å². The summed E-state index contributed by atoms with van der Waals surface area (Å²) in [4.78, 5) is 11.9. The molecule has 1 fully saturated rings. The third kappa shape index (κ3) is 3.74. The summed E-state index contributed by atoms with van der Waals surface area (Å²) in [6.45, 7) is -1.67. The Labute approximate surface area is 119 Å². The molecule has 1 aliphatic heterocycles. The molecule has 0 aromatic heterocycles. The van der Waals surface area contributed by atoms with Gasteiger partial charge in [-0.25, -0.2) is 0 Å². The van der Waals surface area contributed by atoms with Crippen molar-refractivity contribution in [3.8, 4) is 0 Å². The van der Waals surface area contributed by atoms with Crippen molar-refractivity contribution in [1.82, 2.24) is 0 Å².